The second-order valence-electron chi connectivity index (χ2n) is 6.41. The van der Waals surface area contributed by atoms with Gasteiger partial charge in [-0.25, -0.2) is 4.68 Å². The van der Waals surface area contributed by atoms with Crippen LogP contribution in [-0.4, -0.2) is 22.1 Å². The van der Waals surface area contributed by atoms with E-state index in [1.807, 2.05) is 13.8 Å². The van der Waals surface area contributed by atoms with Gasteiger partial charge in [0.25, 0.3) is 5.91 Å². The van der Waals surface area contributed by atoms with Crippen LogP contribution < -0.4 is 14.8 Å². The standard InChI is InChI=1S/C20H17ClF3N3O3/c1-12-9-16(10-13(2)18(12)21)29-11-27-8-7-17(26-27)19(28)25-14-3-5-15(6-4-14)30-20(22,23)24/h3-10H,11H2,1-2H3,(H,25,28). The average molecular weight is 440 g/mol. The Morgan fingerprint density at radius 2 is 1.73 bits per heavy atom. The van der Waals surface area contributed by atoms with Crippen LogP contribution in [-0.2, 0) is 6.73 Å². The maximum Gasteiger partial charge on any atom is 0.573 e. The van der Waals surface area contributed by atoms with Crippen molar-refractivity contribution in [3.63, 3.8) is 0 Å². The minimum Gasteiger partial charge on any atom is -0.471 e. The molecule has 0 aliphatic rings. The minimum atomic E-state index is -4.77. The zero-order valence-corrected chi connectivity index (χ0v) is 16.7. The van der Waals surface area contributed by atoms with E-state index in [1.165, 1.54) is 22.9 Å². The molecule has 30 heavy (non-hydrogen) atoms. The molecule has 1 aromatic heterocycles. The molecule has 1 heterocycles. The van der Waals surface area contributed by atoms with Crippen LogP contribution >= 0.6 is 11.6 Å². The van der Waals surface area contributed by atoms with Gasteiger partial charge in [-0.1, -0.05) is 11.6 Å². The van der Waals surface area contributed by atoms with Crippen LogP contribution in [0.3, 0.4) is 0 Å². The number of alkyl halides is 3. The monoisotopic (exact) mass is 439 g/mol. The van der Waals surface area contributed by atoms with Crippen molar-refractivity contribution in [3.05, 3.63) is 70.5 Å². The third kappa shape index (κ3) is 5.66. The van der Waals surface area contributed by atoms with Gasteiger partial charge < -0.3 is 14.8 Å². The van der Waals surface area contributed by atoms with Crippen molar-refractivity contribution in [1.29, 1.82) is 0 Å². The van der Waals surface area contributed by atoms with Crippen molar-refractivity contribution in [1.82, 2.24) is 9.78 Å². The Kier molecular flexibility index (Phi) is 6.21. The average Bonchev–Trinajstić information content (AvgIpc) is 3.14. The zero-order valence-electron chi connectivity index (χ0n) is 16.0. The first-order chi connectivity index (χ1) is 14.1. The molecule has 6 nitrogen and oxygen atoms in total. The largest absolute Gasteiger partial charge is 0.573 e. The first kappa shape index (κ1) is 21.5. The van der Waals surface area contributed by atoms with Gasteiger partial charge in [0.15, 0.2) is 12.4 Å². The van der Waals surface area contributed by atoms with Crippen LogP contribution in [0.1, 0.15) is 21.6 Å². The lowest BCUT2D eigenvalue weighted by Crippen LogP contribution is -2.17. The number of nitrogens with zero attached hydrogens (tertiary/aromatic N) is 2. The predicted molar refractivity (Wildman–Crippen MR) is 105 cm³/mol. The number of hydrogen-bond donors (Lipinski definition) is 1. The lowest BCUT2D eigenvalue weighted by molar-refractivity contribution is -0.274. The highest BCUT2D eigenvalue weighted by Gasteiger charge is 2.31. The number of carbonyl (C=O) groups is 1. The quantitative estimate of drug-likeness (QED) is 0.563. The van der Waals surface area contributed by atoms with Crippen LogP contribution in [0.15, 0.2) is 48.7 Å². The first-order valence-electron chi connectivity index (χ1n) is 8.71. The van der Waals surface area contributed by atoms with E-state index in [2.05, 4.69) is 15.2 Å². The van der Waals surface area contributed by atoms with Crippen molar-refractivity contribution in [3.8, 4) is 11.5 Å². The Labute approximate surface area is 175 Å². The number of hydrogen-bond acceptors (Lipinski definition) is 4. The third-order valence-electron chi connectivity index (χ3n) is 3.99. The molecule has 0 saturated heterocycles. The molecule has 3 aromatic rings. The summed E-state index contributed by atoms with van der Waals surface area (Å²) in [5, 5.41) is 7.36. The molecule has 0 unspecified atom stereocenters. The summed E-state index contributed by atoms with van der Waals surface area (Å²) in [5.74, 6) is -0.275. The van der Waals surface area contributed by atoms with Gasteiger partial charge in [0.2, 0.25) is 0 Å². The SMILES string of the molecule is Cc1cc(OCn2ccc(C(=O)Nc3ccc(OC(F)(F)F)cc3)n2)cc(C)c1Cl. The molecule has 0 fully saturated rings. The molecule has 158 valence electrons. The predicted octanol–water partition coefficient (Wildman–Crippen LogP) is 5.34. The fourth-order valence-electron chi connectivity index (χ4n) is 2.62. The van der Waals surface area contributed by atoms with Gasteiger partial charge in [-0.15, -0.1) is 13.2 Å². The lowest BCUT2D eigenvalue weighted by Gasteiger charge is -2.10. The van der Waals surface area contributed by atoms with Gasteiger partial charge >= 0.3 is 6.36 Å². The summed E-state index contributed by atoms with van der Waals surface area (Å²) in [6, 6.07) is 9.90. The number of rotatable bonds is 6. The molecule has 2 aromatic carbocycles. The van der Waals surface area contributed by atoms with E-state index in [-0.39, 0.29) is 18.2 Å². The van der Waals surface area contributed by atoms with Crippen molar-refractivity contribution >= 4 is 23.2 Å². The molecule has 0 atom stereocenters. The summed E-state index contributed by atoms with van der Waals surface area (Å²) >= 11 is 6.13. The van der Waals surface area contributed by atoms with Gasteiger partial charge in [-0.05, 0) is 67.4 Å². The van der Waals surface area contributed by atoms with E-state index >= 15 is 0 Å². The van der Waals surface area contributed by atoms with Gasteiger partial charge in [-0.3, -0.25) is 4.79 Å². The highest BCUT2D eigenvalue weighted by atomic mass is 35.5. The van der Waals surface area contributed by atoms with E-state index in [0.717, 1.165) is 23.3 Å². The number of ether oxygens (including phenoxy) is 2. The summed E-state index contributed by atoms with van der Waals surface area (Å²) < 4.78 is 47.5. The smallest absolute Gasteiger partial charge is 0.471 e. The Balaban J connectivity index is 1.58. The van der Waals surface area contributed by atoms with Crippen molar-refractivity contribution in [2.75, 3.05) is 5.32 Å². The number of halogens is 4. The second-order valence-corrected chi connectivity index (χ2v) is 6.79. The molecular weight excluding hydrogens is 423 g/mol. The van der Waals surface area contributed by atoms with Crippen LogP contribution in [0.25, 0.3) is 0 Å². The van der Waals surface area contributed by atoms with Crippen molar-refractivity contribution < 1.29 is 27.4 Å². The first-order valence-corrected chi connectivity index (χ1v) is 9.09. The molecule has 0 radical (unpaired) electrons. The maximum absolute atomic E-state index is 12.3. The highest BCUT2D eigenvalue weighted by Crippen LogP contribution is 2.26. The number of aromatic nitrogens is 2. The normalized spacial score (nSPS) is 11.3. The molecule has 1 N–H and O–H groups in total. The third-order valence-corrected chi connectivity index (χ3v) is 4.59. The molecule has 0 bridgehead atoms. The summed E-state index contributed by atoms with van der Waals surface area (Å²) in [6.45, 7) is 3.83. The van der Waals surface area contributed by atoms with Crippen LogP contribution in [0.2, 0.25) is 5.02 Å². The van der Waals surface area contributed by atoms with Gasteiger partial charge in [0, 0.05) is 16.9 Å². The fraction of sp³-hybridized carbons (Fsp3) is 0.200. The fourth-order valence-corrected chi connectivity index (χ4v) is 2.73. The van der Waals surface area contributed by atoms with E-state index in [0.29, 0.717) is 16.5 Å². The van der Waals surface area contributed by atoms with Crippen molar-refractivity contribution in [2.24, 2.45) is 0 Å². The molecule has 10 heteroatoms. The Morgan fingerprint density at radius 1 is 1.10 bits per heavy atom. The van der Waals surface area contributed by atoms with Crippen LogP contribution in [0, 0.1) is 13.8 Å². The van der Waals surface area contributed by atoms with Crippen LogP contribution in [0.5, 0.6) is 11.5 Å². The van der Waals surface area contributed by atoms with Crippen molar-refractivity contribution in [2.45, 2.75) is 26.9 Å². The molecule has 0 aliphatic carbocycles. The van der Waals surface area contributed by atoms with Gasteiger partial charge in [0.1, 0.15) is 11.5 Å². The molecule has 0 spiro atoms. The number of nitrogens with one attached hydrogen (secondary N) is 1. The van der Waals surface area contributed by atoms with E-state index in [1.54, 1.807) is 18.3 Å². The summed E-state index contributed by atoms with van der Waals surface area (Å²) in [5.41, 5.74) is 2.20. The highest BCUT2D eigenvalue weighted by molar-refractivity contribution is 6.32. The number of anilines is 1. The molecule has 1 amide bonds. The topological polar surface area (TPSA) is 65.4 Å². The molecule has 0 aliphatic heterocycles. The Bertz CT molecular complexity index is 1030. The van der Waals surface area contributed by atoms with Crippen LogP contribution in [0.4, 0.5) is 18.9 Å². The minimum absolute atomic E-state index is 0.0806. The molecule has 0 saturated carbocycles. The number of amides is 1. The van der Waals surface area contributed by atoms with Gasteiger partial charge in [-0.2, -0.15) is 5.10 Å². The number of carbonyl (C=O) groups excluding carboxylic acids is 1. The summed E-state index contributed by atoms with van der Waals surface area (Å²) in [7, 11) is 0. The number of benzene rings is 2. The summed E-state index contributed by atoms with van der Waals surface area (Å²) in [4.78, 5) is 12.3. The Morgan fingerprint density at radius 3 is 2.33 bits per heavy atom. The Hall–Kier alpha value is -3.20. The number of aryl methyl sites for hydroxylation is 2. The summed E-state index contributed by atoms with van der Waals surface area (Å²) in [6.07, 6.45) is -3.20. The van der Waals surface area contributed by atoms with E-state index in [9.17, 15) is 18.0 Å². The van der Waals surface area contributed by atoms with Gasteiger partial charge in [0.05, 0.1) is 0 Å². The van der Waals surface area contributed by atoms with E-state index < -0.39 is 12.3 Å². The second kappa shape index (κ2) is 8.66. The van der Waals surface area contributed by atoms with E-state index in [4.69, 9.17) is 16.3 Å². The zero-order chi connectivity index (χ0) is 21.9. The maximum atomic E-state index is 12.3. The lowest BCUT2D eigenvalue weighted by atomic mass is 10.1. The molecular formula is C20H17ClF3N3O3. The molecule has 3 rings (SSSR count).